The molecule has 0 atom stereocenters. The monoisotopic (exact) mass is 498 g/mol. The van der Waals surface area contributed by atoms with Crippen molar-refractivity contribution in [2.24, 2.45) is 0 Å². The highest BCUT2D eigenvalue weighted by molar-refractivity contribution is 5.93. The van der Waals surface area contributed by atoms with Gasteiger partial charge in [0.15, 0.2) is 5.69 Å². The lowest BCUT2D eigenvalue weighted by atomic mass is 10.1. The third-order valence-corrected chi connectivity index (χ3v) is 7.22. The summed E-state index contributed by atoms with van der Waals surface area (Å²) in [6, 6.07) is 16.8. The topological polar surface area (TPSA) is 84.7 Å². The van der Waals surface area contributed by atoms with Gasteiger partial charge in [-0.15, -0.1) is 0 Å². The molecule has 2 aliphatic rings. The molecule has 1 amide bonds. The van der Waals surface area contributed by atoms with Crippen molar-refractivity contribution >= 4 is 22.5 Å². The molecule has 4 aromatic rings. The fourth-order valence-corrected chi connectivity index (χ4v) is 5.32. The minimum absolute atomic E-state index is 0.286. The van der Waals surface area contributed by atoms with E-state index in [4.69, 9.17) is 14.6 Å². The number of hydrogen-bond donors (Lipinski definition) is 1. The van der Waals surface area contributed by atoms with Crippen LogP contribution in [-0.4, -0.2) is 65.2 Å². The van der Waals surface area contributed by atoms with Crippen LogP contribution in [0.2, 0.25) is 0 Å². The molecule has 6 rings (SSSR count). The van der Waals surface area contributed by atoms with Crippen molar-refractivity contribution in [3.8, 4) is 11.4 Å². The van der Waals surface area contributed by atoms with Gasteiger partial charge in [-0.25, -0.2) is 10.5 Å². The third-order valence-electron chi connectivity index (χ3n) is 7.22. The molecule has 0 bridgehead atoms. The van der Waals surface area contributed by atoms with Crippen LogP contribution in [0.1, 0.15) is 27.4 Å². The van der Waals surface area contributed by atoms with Gasteiger partial charge in [-0.3, -0.25) is 24.1 Å². The molecule has 1 N–H and O–H groups in total. The van der Waals surface area contributed by atoms with E-state index in [9.17, 15) is 4.79 Å². The van der Waals surface area contributed by atoms with Crippen LogP contribution in [-0.2, 0) is 17.9 Å². The predicted octanol–water partition coefficient (Wildman–Crippen LogP) is 3.28. The summed E-state index contributed by atoms with van der Waals surface area (Å²) in [7, 11) is 1.40. The van der Waals surface area contributed by atoms with Crippen molar-refractivity contribution in [2.45, 2.75) is 20.0 Å². The first kappa shape index (κ1) is 23.4. The molecule has 1 saturated heterocycles. The summed E-state index contributed by atoms with van der Waals surface area (Å²) in [5, 5.41) is 1.22. The van der Waals surface area contributed by atoms with E-state index in [1.807, 2.05) is 23.6 Å². The van der Waals surface area contributed by atoms with E-state index in [0.29, 0.717) is 11.4 Å². The van der Waals surface area contributed by atoms with Gasteiger partial charge in [0.25, 0.3) is 5.91 Å². The number of rotatable bonds is 6. The van der Waals surface area contributed by atoms with Crippen molar-refractivity contribution in [3.63, 3.8) is 0 Å². The molecule has 9 nitrogen and oxygen atoms in total. The third kappa shape index (κ3) is 4.41. The average molecular weight is 499 g/mol. The number of ether oxygens (including phenoxy) is 1. The summed E-state index contributed by atoms with van der Waals surface area (Å²) in [6.07, 6.45) is 2.57. The molecule has 0 spiro atoms. The van der Waals surface area contributed by atoms with Crippen LogP contribution in [0.15, 0.2) is 54.9 Å². The molecular weight excluding hydrogens is 468 g/mol. The number of fused-ring (bicyclic) bond motifs is 4. The Morgan fingerprint density at radius 2 is 1.86 bits per heavy atom. The number of carbonyl (C=O) groups excluding carboxylic acids is 1. The number of hydrogen-bond acceptors (Lipinski definition) is 7. The van der Waals surface area contributed by atoms with Crippen molar-refractivity contribution in [1.29, 1.82) is 0 Å². The van der Waals surface area contributed by atoms with E-state index in [-0.39, 0.29) is 12.5 Å². The Balaban J connectivity index is 1.12. The first-order valence-corrected chi connectivity index (χ1v) is 12.6. The maximum absolute atomic E-state index is 12.2. The van der Waals surface area contributed by atoms with Gasteiger partial charge in [0.2, 0.25) is 0 Å². The number of benzene rings is 2. The van der Waals surface area contributed by atoms with Crippen molar-refractivity contribution < 1.29 is 14.4 Å². The molecule has 0 saturated carbocycles. The Hall–Kier alpha value is -3.95. The highest BCUT2D eigenvalue weighted by Gasteiger charge is 2.26. The van der Waals surface area contributed by atoms with Crippen molar-refractivity contribution in [1.82, 2.24) is 24.9 Å². The minimum Gasteiger partial charge on any atom is -0.485 e. The molecular formula is C28H30N6O3. The Labute approximate surface area is 215 Å². The van der Waals surface area contributed by atoms with Gasteiger partial charge in [0.1, 0.15) is 18.7 Å². The number of para-hydroxylation sites is 1. The normalized spacial score (nSPS) is 15.2. The summed E-state index contributed by atoms with van der Waals surface area (Å²) < 4.78 is 8.09. The van der Waals surface area contributed by atoms with Crippen LogP contribution in [0.3, 0.4) is 0 Å². The zero-order valence-electron chi connectivity index (χ0n) is 21.1. The van der Waals surface area contributed by atoms with E-state index in [2.05, 4.69) is 56.7 Å². The summed E-state index contributed by atoms with van der Waals surface area (Å²) in [5.74, 6) is 0.483. The minimum atomic E-state index is -0.381. The highest BCUT2D eigenvalue weighted by Crippen LogP contribution is 2.34. The number of aryl methyl sites for hydroxylation is 1. The molecule has 2 aromatic carbocycles. The number of anilines is 1. The zero-order chi connectivity index (χ0) is 25.4. The van der Waals surface area contributed by atoms with Crippen molar-refractivity contribution in [3.05, 3.63) is 77.5 Å². The van der Waals surface area contributed by atoms with Gasteiger partial charge in [0.05, 0.1) is 24.0 Å². The molecule has 1 fully saturated rings. The SMILES string of the molecule is CONC(=O)c1ncn2c1COc1c(CCN3CCN(c4cccc5nc(C)ccc45)CC3)cccc1-2. The maximum Gasteiger partial charge on any atom is 0.295 e. The molecule has 0 radical (unpaired) electrons. The number of imidazole rings is 1. The molecule has 2 aromatic heterocycles. The van der Waals surface area contributed by atoms with Crippen LogP contribution in [0.4, 0.5) is 5.69 Å². The van der Waals surface area contributed by atoms with Crippen LogP contribution >= 0.6 is 0 Å². The Kier molecular flexibility index (Phi) is 6.23. The maximum atomic E-state index is 12.2. The predicted molar refractivity (Wildman–Crippen MR) is 141 cm³/mol. The quantitative estimate of drug-likeness (QED) is 0.409. The van der Waals surface area contributed by atoms with Gasteiger partial charge in [-0.1, -0.05) is 18.2 Å². The lowest BCUT2D eigenvalue weighted by Gasteiger charge is -2.36. The number of nitrogens with one attached hydrogen (secondary N) is 1. The number of pyridine rings is 1. The number of hydroxylamine groups is 1. The van der Waals surface area contributed by atoms with Crippen LogP contribution < -0.4 is 15.1 Å². The van der Waals surface area contributed by atoms with E-state index in [0.717, 1.165) is 67.4 Å². The molecule has 0 unspecified atom stereocenters. The Morgan fingerprint density at radius 1 is 1.05 bits per heavy atom. The first-order valence-electron chi connectivity index (χ1n) is 12.6. The van der Waals surface area contributed by atoms with Crippen LogP contribution in [0, 0.1) is 6.92 Å². The molecule has 2 aliphatic heterocycles. The smallest absolute Gasteiger partial charge is 0.295 e. The van der Waals surface area contributed by atoms with E-state index in [1.165, 1.54) is 18.2 Å². The Bertz CT molecular complexity index is 1460. The van der Waals surface area contributed by atoms with E-state index < -0.39 is 0 Å². The number of carbonyl (C=O) groups is 1. The molecule has 0 aliphatic carbocycles. The summed E-state index contributed by atoms with van der Waals surface area (Å²) >= 11 is 0. The zero-order valence-corrected chi connectivity index (χ0v) is 21.1. The Morgan fingerprint density at radius 3 is 2.70 bits per heavy atom. The van der Waals surface area contributed by atoms with E-state index >= 15 is 0 Å². The summed E-state index contributed by atoms with van der Waals surface area (Å²) in [6.45, 7) is 7.27. The van der Waals surface area contributed by atoms with Gasteiger partial charge < -0.3 is 9.64 Å². The number of piperazine rings is 1. The summed E-state index contributed by atoms with van der Waals surface area (Å²) in [5.41, 5.74) is 8.81. The second-order valence-electron chi connectivity index (χ2n) is 9.47. The van der Waals surface area contributed by atoms with Gasteiger partial charge in [-0.2, -0.15) is 0 Å². The van der Waals surface area contributed by atoms with Crippen LogP contribution in [0.5, 0.6) is 5.75 Å². The van der Waals surface area contributed by atoms with E-state index in [1.54, 1.807) is 6.33 Å². The molecule has 9 heteroatoms. The largest absolute Gasteiger partial charge is 0.485 e. The fraction of sp³-hybridized carbons (Fsp3) is 0.321. The molecule has 4 heterocycles. The molecule has 37 heavy (non-hydrogen) atoms. The second-order valence-corrected chi connectivity index (χ2v) is 9.47. The number of aromatic nitrogens is 3. The average Bonchev–Trinajstić information content (AvgIpc) is 3.37. The van der Waals surface area contributed by atoms with Gasteiger partial charge >= 0.3 is 0 Å². The second kappa shape index (κ2) is 9.84. The fourth-order valence-electron chi connectivity index (χ4n) is 5.32. The van der Waals surface area contributed by atoms with Gasteiger partial charge in [0, 0.05) is 49.5 Å². The van der Waals surface area contributed by atoms with Crippen LogP contribution in [0.25, 0.3) is 16.6 Å². The highest BCUT2D eigenvalue weighted by atomic mass is 16.6. The number of nitrogens with zero attached hydrogens (tertiary/aromatic N) is 5. The first-order chi connectivity index (χ1) is 18.1. The lowest BCUT2D eigenvalue weighted by Crippen LogP contribution is -2.47. The summed E-state index contributed by atoms with van der Waals surface area (Å²) in [4.78, 5) is 31.0. The number of amides is 1. The van der Waals surface area contributed by atoms with Crippen molar-refractivity contribution in [2.75, 3.05) is 44.7 Å². The lowest BCUT2D eigenvalue weighted by molar-refractivity contribution is 0.0530. The standard InChI is InChI=1S/C28H30N6O3/c1-19-9-10-21-22(30-19)6-4-7-23(21)33-15-13-32(14-16-33)12-11-20-5-3-8-24-27(20)37-17-25-26(28(35)31-36-2)29-18-34(24)25/h3-10,18H,11-17H2,1-2H3,(H,31,35). The molecule has 190 valence electrons. The van der Waals surface area contributed by atoms with Gasteiger partial charge in [-0.05, 0) is 49.2 Å².